The Morgan fingerprint density at radius 1 is 1.03 bits per heavy atom. The van der Waals surface area contributed by atoms with Crippen LogP contribution in [0.4, 0.5) is 17.7 Å². The highest BCUT2D eigenvalue weighted by Gasteiger charge is 2.22. The van der Waals surface area contributed by atoms with Crippen LogP contribution in [-0.2, 0) is 6.54 Å². The number of nitrogens with one attached hydrogen (secondary N) is 1. The minimum absolute atomic E-state index is 0.0317. The number of hydrogen-bond acceptors (Lipinski definition) is 12. The Kier molecular flexibility index (Phi) is 5.37. The van der Waals surface area contributed by atoms with Gasteiger partial charge in [-0.3, -0.25) is 9.36 Å². The van der Waals surface area contributed by atoms with Crippen molar-refractivity contribution in [3.63, 3.8) is 0 Å². The van der Waals surface area contributed by atoms with E-state index in [2.05, 4.69) is 35.2 Å². The number of nitrogen functional groups attached to an aromatic ring is 2. The van der Waals surface area contributed by atoms with Crippen LogP contribution in [0.5, 0.6) is 11.5 Å². The van der Waals surface area contributed by atoms with E-state index in [-0.39, 0.29) is 40.1 Å². The highest BCUT2D eigenvalue weighted by molar-refractivity contribution is 5.98. The molecule has 3 aromatic heterocycles. The minimum Gasteiger partial charge on any atom is -0.491 e. The Labute approximate surface area is 196 Å². The van der Waals surface area contributed by atoms with Crippen LogP contribution < -0.4 is 31.9 Å². The van der Waals surface area contributed by atoms with Crippen molar-refractivity contribution in [1.82, 2.24) is 29.5 Å². The number of methoxy groups -OCH3 is 1. The molecule has 0 unspecified atom stereocenters. The van der Waals surface area contributed by atoms with Gasteiger partial charge >= 0.3 is 5.97 Å². The van der Waals surface area contributed by atoms with Gasteiger partial charge in [-0.15, -0.1) is 0 Å². The molecule has 5 rings (SSSR count). The first-order valence-corrected chi connectivity index (χ1v) is 10.3. The number of nitrogens with two attached hydrogens (primary N) is 2. The molecular weight excluding hydrogens is 456 g/mol. The SMILES string of the molecule is COc1c(OC(=O)c2cnc(N)nc2)ccc2c3n(c(=NC(=O)c4cnc(N)nc4)nc12)CCN3. The minimum atomic E-state index is -0.709. The topological polar surface area (TPSA) is 198 Å². The number of carbonyl (C=O) groups is 2. The Bertz CT molecular complexity index is 1530. The fourth-order valence-corrected chi connectivity index (χ4v) is 3.52. The maximum atomic E-state index is 12.7. The molecule has 0 spiro atoms. The third kappa shape index (κ3) is 4.03. The van der Waals surface area contributed by atoms with Crippen molar-refractivity contribution in [1.29, 1.82) is 0 Å². The van der Waals surface area contributed by atoms with E-state index < -0.39 is 11.9 Å². The van der Waals surface area contributed by atoms with E-state index >= 15 is 0 Å². The van der Waals surface area contributed by atoms with Crippen molar-refractivity contribution < 1.29 is 19.1 Å². The van der Waals surface area contributed by atoms with Crippen LogP contribution in [0.3, 0.4) is 0 Å². The molecule has 4 heterocycles. The van der Waals surface area contributed by atoms with Gasteiger partial charge < -0.3 is 26.3 Å². The first-order valence-electron chi connectivity index (χ1n) is 10.3. The molecule has 4 aromatic rings. The second-order valence-electron chi connectivity index (χ2n) is 7.30. The molecule has 5 N–H and O–H groups in total. The zero-order chi connectivity index (χ0) is 24.5. The molecule has 0 atom stereocenters. The van der Waals surface area contributed by atoms with Crippen LogP contribution in [0.25, 0.3) is 10.9 Å². The van der Waals surface area contributed by atoms with Crippen molar-refractivity contribution in [2.75, 3.05) is 30.4 Å². The molecule has 1 aromatic carbocycles. The van der Waals surface area contributed by atoms with E-state index in [9.17, 15) is 9.59 Å². The first-order chi connectivity index (χ1) is 16.9. The predicted molar refractivity (Wildman–Crippen MR) is 123 cm³/mol. The molecule has 14 nitrogen and oxygen atoms in total. The number of nitrogens with zero attached hydrogens (tertiary/aromatic N) is 7. The van der Waals surface area contributed by atoms with Crippen LogP contribution >= 0.6 is 0 Å². The summed E-state index contributed by atoms with van der Waals surface area (Å²) in [5.41, 5.74) is 11.7. The highest BCUT2D eigenvalue weighted by Crippen LogP contribution is 2.37. The summed E-state index contributed by atoms with van der Waals surface area (Å²) in [6.45, 7) is 1.15. The van der Waals surface area contributed by atoms with Crippen LogP contribution in [-0.4, -0.2) is 55.0 Å². The highest BCUT2D eigenvalue weighted by atomic mass is 16.6. The number of esters is 1. The van der Waals surface area contributed by atoms with E-state index in [1.54, 1.807) is 16.7 Å². The van der Waals surface area contributed by atoms with Gasteiger partial charge in [0, 0.05) is 43.3 Å². The van der Waals surface area contributed by atoms with Gasteiger partial charge in [-0.05, 0) is 12.1 Å². The summed E-state index contributed by atoms with van der Waals surface area (Å²) in [6.07, 6.45) is 5.09. The summed E-state index contributed by atoms with van der Waals surface area (Å²) in [4.78, 5) is 49.3. The Morgan fingerprint density at radius 2 is 1.69 bits per heavy atom. The molecular formula is C21H18N10O4. The quantitative estimate of drug-likeness (QED) is 0.268. The molecule has 176 valence electrons. The number of hydrogen-bond donors (Lipinski definition) is 3. The fourth-order valence-electron chi connectivity index (χ4n) is 3.52. The first kappa shape index (κ1) is 21.7. The maximum Gasteiger partial charge on any atom is 0.346 e. The standard InChI is InChI=1S/C21H18N10O4/c1-34-15-13(35-18(33)11-8-27-20(23)28-9-11)3-2-12-14(15)29-21(31-5-4-24-16(12)31)30-17(32)10-6-25-19(22)26-7-10/h2-3,6-9,24H,4-5H2,1H3,(H2,22,25,26)(H2,23,27,28). The van der Waals surface area contributed by atoms with Gasteiger partial charge in [-0.2, -0.15) is 4.99 Å². The van der Waals surface area contributed by atoms with Crippen molar-refractivity contribution in [2.24, 2.45) is 4.99 Å². The van der Waals surface area contributed by atoms with Gasteiger partial charge in [0.05, 0.1) is 18.2 Å². The number of aromatic nitrogens is 6. The number of amides is 1. The van der Waals surface area contributed by atoms with Gasteiger partial charge in [-0.25, -0.2) is 29.7 Å². The summed E-state index contributed by atoms with van der Waals surface area (Å²) in [5, 5.41) is 3.96. The Hall–Kier alpha value is -5.14. The van der Waals surface area contributed by atoms with Gasteiger partial charge in [0.2, 0.25) is 17.5 Å². The molecule has 0 bridgehead atoms. The zero-order valence-corrected chi connectivity index (χ0v) is 18.3. The number of anilines is 3. The monoisotopic (exact) mass is 474 g/mol. The van der Waals surface area contributed by atoms with Gasteiger partial charge in [0.25, 0.3) is 5.91 Å². The summed E-state index contributed by atoms with van der Waals surface area (Å²) in [7, 11) is 1.42. The number of fused-ring (bicyclic) bond motifs is 3. The third-order valence-corrected chi connectivity index (χ3v) is 5.14. The number of ether oxygens (including phenoxy) is 2. The van der Waals surface area contributed by atoms with Crippen LogP contribution in [0, 0.1) is 0 Å². The Morgan fingerprint density at radius 3 is 2.34 bits per heavy atom. The smallest absolute Gasteiger partial charge is 0.346 e. The van der Waals surface area contributed by atoms with E-state index in [1.807, 2.05) is 0 Å². The van der Waals surface area contributed by atoms with Crippen molar-refractivity contribution in [2.45, 2.75) is 6.54 Å². The molecule has 35 heavy (non-hydrogen) atoms. The van der Waals surface area contributed by atoms with Crippen LogP contribution in [0.15, 0.2) is 41.9 Å². The van der Waals surface area contributed by atoms with Gasteiger partial charge in [-0.1, -0.05) is 0 Å². The van der Waals surface area contributed by atoms with E-state index in [0.29, 0.717) is 29.8 Å². The van der Waals surface area contributed by atoms with E-state index in [0.717, 1.165) is 0 Å². The molecule has 0 saturated heterocycles. The second-order valence-corrected chi connectivity index (χ2v) is 7.30. The summed E-state index contributed by atoms with van der Waals surface area (Å²) < 4.78 is 12.8. The van der Waals surface area contributed by atoms with Crippen molar-refractivity contribution in [3.05, 3.63) is 53.7 Å². The largest absolute Gasteiger partial charge is 0.491 e. The lowest BCUT2D eigenvalue weighted by molar-refractivity contribution is 0.0729. The number of benzene rings is 1. The fraction of sp³-hybridized carbons (Fsp3) is 0.143. The summed E-state index contributed by atoms with van der Waals surface area (Å²) in [5.74, 6) is -0.238. The normalized spacial score (nSPS) is 12.8. The third-order valence-electron chi connectivity index (χ3n) is 5.14. The van der Waals surface area contributed by atoms with Gasteiger partial charge in [0.1, 0.15) is 11.3 Å². The average Bonchev–Trinajstić information content (AvgIpc) is 3.35. The lowest BCUT2D eigenvalue weighted by atomic mass is 10.2. The van der Waals surface area contributed by atoms with Crippen molar-refractivity contribution in [3.8, 4) is 11.5 Å². The van der Waals surface area contributed by atoms with E-state index in [4.69, 9.17) is 20.9 Å². The molecule has 1 amide bonds. The van der Waals surface area contributed by atoms with Crippen molar-refractivity contribution >= 4 is 40.5 Å². The van der Waals surface area contributed by atoms with Gasteiger partial charge in [0.15, 0.2) is 11.5 Å². The Balaban J connectivity index is 1.61. The molecule has 0 saturated carbocycles. The zero-order valence-electron chi connectivity index (χ0n) is 18.3. The summed E-state index contributed by atoms with van der Waals surface area (Å²) >= 11 is 0. The average molecular weight is 474 g/mol. The molecule has 0 aliphatic carbocycles. The molecule has 1 aliphatic heterocycles. The lowest BCUT2D eigenvalue weighted by Gasteiger charge is -2.14. The molecule has 1 aliphatic rings. The maximum absolute atomic E-state index is 12.7. The predicted octanol–water partition coefficient (Wildman–Crippen LogP) is 0.175. The number of rotatable bonds is 4. The lowest BCUT2D eigenvalue weighted by Crippen LogP contribution is -2.25. The second kappa shape index (κ2) is 8.66. The molecule has 14 heteroatoms. The van der Waals surface area contributed by atoms with E-state index in [1.165, 1.54) is 31.9 Å². The molecule has 0 radical (unpaired) electrons. The van der Waals surface area contributed by atoms with Crippen LogP contribution in [0.2, 0.25) is 0 Å². The molecule has 0 fully saturated rings. The summed E-state index contributed by atoms with van der Waals surface area (Å²) in [6, 6.07) is 3.32. The number of carbonyl (C=O) groups excluding carboxylic acids is 2. The van der Waals surface area contributed by atoms with Crippen LogP contribution in [0.1, 0.15) is 20.7 Å².